The highest BCUT2D eigenvalue weighted by Gasteiger charge is 2.44. The molecule has 1 fully saturated rings. The quantitative estimate of drug-likeness (QED) is 0.628. The van der Waals surface area contributed by atoms with Crippen LogP contribution in [0.4, 0.5) is 0 Å². The molecule has 1 rings (SSSR count). The second-order valence-corrected chi connectivity index (χ2v) is 5.79. The third-order valence-electron chi connectivity index (χ3n) is 3.24. The van der Waals surface area contributed by atoms with Gasteiger partial charge >= 0.3 is 5.97 Å². The molecule has 0 unspecified atom stereocenters. The predicted molar refractivity (Wildman–Crippen MR) is 65.1 cm³/mol. The summed E-state index contributed by atoms with van der Waals surface area (Å²) in [5.41, 5.74) is 0.292. The van der Waals surface area contributed by atoms with Crippen LogP contribution in [0.5, 0.6) is 0 Å². The molecule has 0 heterocycles. The molecule has 0 aromatic heterocycles. The molecule has 0 N–H and O–H groups in total. The molecule has 15 heavy (non-hydrogen) atoms. The second-order valence-electron chi connectivity index (χ2n) is 4.50. The van der Waals surface area contributed by atoms with E-state index in [0.717, 1.165) is 11.0 Å². The number of esters is 1. The highest BCUT2D eigenvalue weighted by atomic mass is 32.2. The van der Waals surface area contributed by atoms with Crippen LogP contribution in [0.1, 0.15) is 46.0 Å². The third-order valence-corrected chi connectivity index (χ3v) is 5.16. The molecule has 0 saturated heterocycles. The van der Waals surface area contributed by atoms with Gasteiger partial charge in [0.25, 0.3) is 0 Å². The Balaban J connectivity index is 2.28. The topological polar surface area (TPSA) is 26.3 Å². The number of rotatable bonds is 7. The minimum absolute atomic E-state index is 0.0438. The lowest BCUT2D eigenvalue weighted by Gasteiger charge is -2.17. The molecular weight excluding hydrogens is 208 g/mol. The molecule has 0 radical (unpaired) electrons. The number of methoxy groups -OCH3 is 1. The van der Waals surface area contributed by atoms with Gasteiger partial charge in [-0.15, -0.1) is 0 Å². The van der Waals surface area contributed by atoms with Crippen molar-refractivity contribution in [2.75, 3.05) is 12.9 Å². The van der Waals surface area contributed by atoms with Crippen LogP contribution in [-0.2, 0) is 9.53 Å². The molecule has 0 spiro atoms. The number of ether oxygens (including phenoxy) is 1. The van der Waals surface area contributed by atoms with E-state index in [0.29, 0.717) is 11.8 Å². The summed E-state index contributed by atoms with van der Waals surface area (Å²) >= 11 is 2.04. The fourth-order valence-corrected chi connectivity index (χ4v) is 3.20. The summed E-state index contributed by atoms with van der Waals surface area (Å²) in [5.74, 6) is 1.09. The molecule has 3 heteroatoms. The molecule has 0 bridgehead atoms. The summed E-state index contributed by atoms with van der Waals surface area (Å²) in [5, 5.41) is 0.764. The zero-order valence-corrected chi connectivity index (χ0v) is 10.9. The number of hydrogen-bond acceptors (Lipinski definition) is 3. The third kappa shape index (κ3) is 4.06. The minimum Gasteiger partial charge on any atom is -0.469 e. The number of carbonyl (C=O) groups is 1. The standard InChI is InChI=1S/C12H22O2S/c1-4-10(5-2)15-9-12(6-7-12)8-11(13)14-3/h10H,4-9H2,1-3H3. The Hall–Kier alpha value is -0.180. The molecule has 1 saturated carbocycles. The van der Waals surface area contributed by atoms with Crippen LogP contribution < -0.4 is 0 Å². The fourth-order valence-electron chi connectivity index (χ4n) is 1.75. The van der Waals surface area contributed by atoms with Crippen molar-refractivity contribution in [1.29, 1.82) is 0 Å². The van der Waals surface area contributed by atoms with E-state index >= 15 is 0 Å². The smallest absolute Gasteiger partial charge is 0.306 e. The number of carbonyl (C=O) groups excluding carboxylic acids is 1. The summed E-state index contributed by atoms with van der Waals surface area (Å²) in [6.45, 7) is 4.47. The second kappa shape index (κ2) is 5.78. The van der Waals surface area contributed by atoms with Crippen LogP contribution in [-0.4, -0.2) is 24.1 Å². The Bertz CT molecular complexity index is 208. The number of hydrogen-bond donors (Lipinski definition) is 0. The van der Waals surface area contributed by atoms with Crippen LogP contribution in [0.15, 0.2) is 0 Å². The largest absolute Gasteiger partial charge is 0.469 e. The van der Waals surface area contributed by atoms with Gasteiger partial charge in [-0.3, -0.25) is 4.79 Å². The first-order valence-corrected chi connectivity index (χ1v) is 6.89. The van der Waals surface area contributed by atoms with Gasteiger partial charge in [-0.1, -0.05) is 13.8 Å². The summed E-state index contributed by atoms with van der Waals surface area (Å²) in [7, 11) is 1.48. The van der Waals surface area contributed by atoms with E-state index < -0.39 is 0 Å². The first-order valence-electron chi connectivity index (χ1n) is 5.84. The molecular formula is C12H22O2S. The fraction of sp³-hybridized carbons (Fsp3) is 0.917. The van der Waals surface area contributed by atoms with Crippen molar-refractivity contribution in [3.8, 4) is 0 Å². The first-order chi connectivity index (χ1) is 7.15. The predicted octanol–water partition coefficient (Wildman–Crippen LogP) is 3.25. The van der Waals surface area contributed by atoms with E-state index in [2.05, 4.69) is 13.8 Å². The molecule has 0 atom stereocenters. The maximum Gasteiger partial charge on any atom is 0.306 e. The number of thioether (sulfide) groups is 1. The van der Waals surface area contributed by atoms with Gasteiger partial charge in [0.05, 0.1) is 13.5 Å². The van der Waals surface area contributed by atoms with Gasteiger partial charge in [0.15, 0.2) is 0 Å². The Morgan fingerprint density at radius 3 is 2.40 bits per heavy atom. The normalized spacial score (nSPS) is 17.9. The van der Waals surface area contributed by atoms with Gasteiger partial charge in [-0.05, 0) is 36.9 Å². The van der Waals surface area contributed by atoms with Gasteiger partial charge < -0.3 is 4.74 Å². The lowest BCUT2D eigenvalue weighted by molar-refractivity contribution is -0.141. The van der Waals surface area contributed by atoms with Crippen molar-refractivity contribution in [2.45, 2.75) is 51.2 Å². The van der Waals surface area contributed by atoms with E-state index in [1.54, 1.807) is 0 Å². The Kier molecular flexibility index (Phi) is 4.97. The van der Waals surface area contributed by atoms with E-state index in [9.17, 15) is 4.79 Å². The molecule has 1 aliphatic rings. The van der Waals surface area contributed by atoms with Crippen LogP contribution in [0, 0.1) is 5.41 Å². The highest BCUT2D eigenvalue weighted by Crippen LogP contribution is 2.51. The van der Waals surface area contributed by atoms with Gasteiger partial charge in [0.1, 0.15) is 0 Å². The van der Waals surface area contributed by atoms with Gasteiger partial charge in [0, 0.05) is 5.25 Å². The van der Waals surface area contributed by atoms with Crippen molar-refractivity contribution in [1.82, 2.24) is 0 Å². The average Bonchev–Trinajstić information content (AvgIpc) is 3.00. The lowest BCUT2D eigenvalue weighted by Crippen LogP contribution is -2.15. The summed E-state index contributed by atoms with van der Waals surface area (Å²) < 4.78 is 4.74. The summed E-state index contributed by atoms with van der Waals surface area (Å²) in [6.07, 6.45) is 5.49. The first kappa shape index (κ1) is 12.9. The molecule has 0 aromatic carbocycles. The van der Waals surface area contributed by atoms with E-state index in [1.807, 2.05) is 11.8 Å². The zero-order valence-electron chi connectivity index (χ0n) is 10.0. The summed E-state index contributed by atoms with van der Waals surface area (Å²) in [6, 6.07) is 0. The van der Waals surface area contributed by atoms with Gasteiger partial charge in [-0.2, -0.15) is 11.8 Å². The van der Waals surface area contributed by atoms with Gasteiger partial charge in [-0.25, -0.2) is 0 Å². The Morgan fingerprint density at radius 1 is 1.40 bits per heavy atom. The van der Waals surface area contributed by atoms with Gasteiger partial charge in [0.2, 0.25) is 0 Å². The van der Waals surface area contributed by atoms with Crippen molar-refractivity contribution in [3.63, 3.8) is 0 Å². The van der Waals surface area contributed by atoms with E-state index in [1.165, 1.54) is 32.8 Å². The van der Waals surface area contributed by atoms with Crippen molar-refractivity contribution < 1.29 is 9.53 Å². The minimum atomic E-state index is -0.0438. The van der Waals surface area contributed by atoms with Crippen LogP contribution >= 0.6 is 11.8 Å². The molecule has 0 aliphatic heterocycles. The zero-order chi connectivity index (χ0) is 11.3. The van der Waals surface area contributed by atoms with E-state index in [-0.39, 0.29) is 5.97 Å². The SMILES string of the molecule is CCC(CC)SCC1(CC(=O)OC)CC1. The van der Waals surface area contributed by atoms with Crippen molar-refractivity contribution in [3.05, 3.63) is 0 Å². The highest BCUT2D eigenvalue weighted by molar-refractivity contribution is 7.99. The average molecular weight is 230 g/mol. The van der Waals surface area contributed by atoms with Crippen LogP contribution in [0.2, 0.25) is 0 Å². The molecule has 1 aliphatic carbocycles. The van der Waals surface area contributed by atoms with Crippen molar-refractivity contribution in [2.24, 2.45) is 5.41 Å². The van der Waals surface area contributed by atoms with Crippen LogP contribution in [0.3, 0.4) is 0 Å². The molecule has 0 aromatic rings. The molecule has 0 amide bonds. The monoisotopic (exact) mass is 230 g/mol. The van der Waals surface area contributed by atoms with E-state index in [4.69, 9.17) is 4.74 Å². The Morgan fingerprint density at radius 2 is 2.00 bits per heavy atom. The molecule has 88 valence electrons. The Labute approximate surface area is 97.1 Å². The maximum atomic E-state index is 11.2. The lowest BCUT2D eigenvalue weighted by atomic mass is 10.1. The van der Waals surface area contributed by atoms with Crippen molar-refractivity contribution >= 4 is 17.7 Å². The summed E-state index contributed by atoms with van der Waals surface area (Å²) in [4.78, 5) is 11.2. The maximum absolute atomic E-state index is 11.2. The van der Waals surface area contributed by atoms with Crippen LogP contribution in [0.25, 0.3) is 0 Å². The molecule has 2 nitrogen and oxygen atoms in total.